The molecule has 0 fully saturated rings. The Bertz CT molecular complexity index is 426. The van der Waals surface area contributed by atoms with E-state index in [1.165, 1.54) is 12.1 Å². The number of rotatable bonds is 2. The van der Waals surface area contributed by atoms with Crippen molar-refractivity contribution in [2.75, 3.05) is 0 Å². The summed E-state index contributed by atoms with van der Waals surface area (Å²) in [6, 6.07) is 4.74. The molecule has 0 bridgehead atoms. The summed E-state index contributed by atoms with van der Waals surface area (Å²) < 4.78 is 0. The summed E-state index contributed by atoms with van der Waals surface area (Å²) in [4.78, 5) is 11.4. The number of carboxylic acids is 1. The van der Waals surface area contributed by atoms with E-state index in [2.05, 4.69) is 28.6 Å². The van der Waals surface area contributed by atoms with Crippen molar-refractivity contribution >= 4 is 34.5 Å². The zero-order valence-electron chi connectivity index (χ0n) is 6.99. The van der Waals surface area contributed by atoms with Crippen LogP contribution in [0, 0.1) is 11.3 Å². The molecule has 0 heterocycles. The van der Waals surface area contributed by atoms with Crippen LogP contribution in [-0.2, 0) is 5.33 Å². The molecule has 0 aromatic heterocycles. The normalized spacial score (nSPS) is 9.50. The Morgan fingerprint density at radius 1 is 1.64 bits per heavy atom. The Hall–Kier alpha value is -0.990. The van der Waals surface area contributed by atoms with Crippen LogP contribution in [0.5, 0.6) is 0 Å². The van der Waals surface area contributed by atoms with Gasteiger partial charge in [-0.25, -0.2) is 4.79 Å². The van der Waals surface area contributed by atoms with Crippen molar-refractivity contribution in [2.24, 2.45) is 0 Å². The minimum Gasteiger partial charge on any atom is -0.478 e. The molecule has 1 N–H and O–H groups in total. The van der Waals surface area contributed by atoms with Crippen LogP contribution in [0.1, 0.15) is 21.5 Å². The molecule has 0 saturated carbocycles. The molecular formula is C9H6BrNO2S. The number of aromatic carboxylic acids is 1. The van der Waals surface area contributed by atoms with Crippen molar-refractivity contribution in [2.45, 2.75) is 10.2 Å². The molecule has 1 aromatic rings. The van der Waals surface area contributed by atoms with Gasteiger partial charge in [-0.3, -0.25) is 0 Å². The molecule has 5 heteroatoms. The number of benzene rings is 1. The summed E-state index contributed by atoms with van der Waals surface area (Å²) >= 11 is 7.36. The molecule has 1 rings (SSSR count). The SMILES string of the molecule is N#Cc1cc(S)c(CBr)cc1C(=O)O. The van der Waals surface area contributed by atoms with Crippen LogP contribution in [0.3, 0.4) is 0 Å². The molecule has 0 atom stereocenters. The number of hydrogen-bond donors (Lipinski definition) is 2. The summed E-state index contributed by atoms with van der Waals surface area (Å²) in [6.07, 6.45) is 0. The van der Waals surface area contributed by atoms with E-state index in [-0.39, 0.29) is 11.1 Å². The number of thiol groups is 1. The lowest BCUT2D eigenvalue weighted by molar-refractivity contribution is 0.0696. The average Bonchev–Trinajstić information content (AvgIpc) is 2.16. The van der Waals surface area contributed by atoms with E-state index in [0.29, 0.717) is 10.2 Å². The quantitative estimate of drug-likeness (QED) is 0.642. The number of alkyl halides is 1. The van der Waals surface area contributed by atoms with Gasteiger partial charge >= 0.3 is 5.97 Å². The minimum absolute atomic E-state index is 0.0137. The fourth-order valence-electron chi connectivity index (χ4n) is 1.01. The molecule has 0 radical (unpaired) electrons. The van der Waals surface area contributed by atoms with E-state index in [1.807, 2.05) is 6.07 Å². The minimum atomic E-state index is -1.10. The highest BCUT2D eigenvalue weighted by Gasteiger charge is 2.12. The summed E-state index contributed by atoms with van der Waals surface area (Å²) in [5, 5.41) is 18.0. The van der Waals surface area contributed by atoms with Crippen molar-refractivity contribution in [3.05, 3.63) is 28.8 Å². The average molecular weight is 272 g/mol. The van der Waals surface area contributed by atoms with Gasteiger partial charge in [0, 0.05) is 10.2 Å². The molecule has 14 heavy (non-hydrogen) atoms. The summed E-state index contributed by atoms with van der Waals surface area (Å²) in [6.45, 7) is 0. The lowest BCUT2D eigenvalue weighted by atomic mass is 10.1. The number of carbonyl (C=O) groups is 1. The van der Waals surface area contributed by atoms with Crippen LogP contribution in [0.25, 0.3) is 0 Å². The maximum absolute atomic E-state index is 10.8. The van der Waals surface area contributed by atoms with Crippen LogP contribution in [0.4, 0.5) is 0 Å². The Morgan fingerprint density at radius 3 is 2.71 bits per heavy atom. The Morgan fingerprint density at radius 2 is 2.29 bits per heavy atom. The van der Waals surface area contributed by atoms with Crippen molar-refractivity contribution in [1.82, 2.24) is 0 Å². The maximum Gasteiger partial charge on any atom is 0.337 e. The third kappa shape index (κ3) is 2.08. The van der Waals surface area contributed by atoms with Gasteiger partial charge in [0.2, 0.25) is 0 Å². The van der Waals surface area contributed by atoms with Crippen LogP contribution in [0.2, 0.25) is 0 Å². The fraction of sp³-hybridized carbons (Fsp3) is 0.111. The smallest absolute Gasteiger partial charge is 0.337 e. The largest absolute Gasteiger partial charge is 0.478 e. The van der Waals surface area contributed by atoms with Gasteiger partial charge in [-0.1, -0.05) is 15.9 Å². The molecule has 0 aliphatic rings. The Labute approximate surface area is 94.9 Å². The zero-order valence-corrected chi connectivity index (χ0v) is 9.47. The Balaban J connectivity index is 3.42. The van der Waals surface area contributed by atoms with Crippen molar-refractivity contribution in [1.29, 1.82) is 5.26 Å². The molecular weight excluding hydrogens is 266 g/mol. The van der Waals surface area contributed by atoms with Gasteiger partial charge in [-0.15, -0.1) is 12.6 Å². The molecule has 0 spiro atoms. The molecule has 0 saturated heterocycles. The predicted octanol–water partition coefficient (Wildman–Crippen LogP) is 2.44. The van der Waals surface area contributed by atoms with Crippen LogP contribution in [-0.4, -0.2) is 11.1 Å². The van der Waals surface area contributed by atoms with Gasteiger partial charge in [-0.2, -0.15) is 5.26 Å². The third-order valence-corrected chi connectivity index (χ3v) is 2.73. The van der Waals surface area contributed by atoms with Gasteiger partial charge in [0.25, 0.3) is 0 Å². The number of nitriles is 1. The zero-order chi connectivity index (χ0) is 10.7. The van der Waals surface area contributed by atoms with Gasteiger partial charge in [0.1, 0.15) is 6.07 Å². The van der Waals surface area contributed by atoms with Crippen molar-refractivity contribution in [3.63, 3.8) is 0 Å². The van der Waals surface area contributed by atoms with E-state index in [1.54, 1.807) is 0 Å². The van der Waals surface area contributed by atoms with Crippen LogP contribution in [0.15, 0.2) is 17.0 Å². The lowest BCUT2D eigenvalue weighted by Crippen LogP contribution is -2.01. The first kappa shape index (κ1) is 11.1. The number of carboxylic acid groups (broad SMARTS) is 1. The van der Waals surface area contributed by atoms with E-state index in [9.17, 15) is 4.79 Å². The molecule has 0 aliphatic heterocycles. The molecule has 0 amide bonds. The van der Waals surface area contributed by atoms with Gasteiger partial charge < -0.3 is 5.11 Å². The molecule has 72 valence electrons. The molecule has 0 unspecified atom stereocenters. The van der Waals surface area contributed by atoms with Gasteiger partial charge in [-0.05, 0) is 17.7 Å². The van der Waals surface area contributed by atoms with E-state index in [0.717, 1.165) is 5.56 Å². The maximum atomic E-state index is 10.8. The van der Waals surface area contributed by atoms with E-state index in [4.69, 9.17) is 10.4 Å². The topological polar surface area (TPSA) is 61.1 Å². The highest BCUT2D eigenvalue weighted by Crippen LogP contribution is 2.22. The summed E-state index contributed by atoms with van der Waals surface area (Å²) in [5.41, 5.74) is 0.900. The van der Waals surface area contributed by atoms with Crippen molar-refractivity contribution < 1.29 is 9.90 Å². The monoisotopic (exact) mass is 271 g/mol. The molecule has 0 aliphatic carbocycles. The van der Waals surface area contributed by atoms with Gasteiger partial charge in [0.05, 0.1) is 11.1 Å². The second-order valence-electron chi connectivity index (χ2n) is 2.58. The molecule has 3 nitrogen and oxygen atoms in total. The summed E-state index contributed by atoms with van der Waals surface area (Å²) in [7, 11) is 0. The highest BCUT2D eigenvalue weighted by atomic mass is 79.9. The van der Waals surface area contributed by atoms with Crippen LogP contribution >= 0.6 is 28.6 Å². The highest BCUT2D eigenvalue weighted by molar-refractivity contribution is 9.08. The number of hydrogen-bond acceptors (Lipinski definition) is 3. The first-order chi connectivity index (χ1) is 6.60. The van der Waals surface area contributed by atoms with E-state index < -0.39 is 5.97 Å². The van der Waals surface area contributed by atoms with Gasteiger partial charge in [0.15, 0.2) is 0 Å². The second-order valence-corrected chi connectivity index (χ2v) is 3.62. The standard InChI is InChI=1S/C9H6BrNO2S/c10-3-5-1-7(9(12)13)6(4-11)2-8(5)14/h1-2,14H,3H2,(H,12,13). The summed E-state index contributed by atoms with van der Waals surface area (Å²) in [5.74, 6) is -1.10. The second kappa shape index (κ2) is 4.49. The fourth-order valence-corrected chi connectivity index (χ4v) is 1.96. The molecule has 1 aromatic carbocycles. The first-order valence-electron chi connectivity index (χ1n) is 3.65. The third-order valence-electron chi connectivity index (χ3n) is 1.71. The lowest BCUT2D eigenvalue weighted by Gasteiger charge is -2.04. The predicted molar refractivity (Wildman–Crippen MR) is 58.0 cm³/mol. The number of nitrogens with zero attached hydrogens (tertiary/aromatic N) is 1. The van der Waals surface area contributed by atoms with Crippen LogP contribution < -0.4 is 0 Å². The van der Waals surface area contributed by atoms with E-state index >= 15 is 0 Å². The Kier molecular flexibility index (Phi) is 3.55. The number of halogens is 1. The first-order valence-corrected chi connectivity index (χ1v) is 5.22. The van der Waals surface area contributed by atoms with Crippen molar-refractivity contribution in [3.8, 4) is 6.07 Å².